The van der Waals surface area contributed by atoms with Gasteiger partial charge in [0.25, 0.3) is 5.91 Å². The summed E-state index contributed by atoms with van der Waals surface area (Å²) in [6.45, 7) is 7.71. The molecule has 1 saturated heterocycles. The van der Waals surface area contributed by atoms with Crippen LogP contribution >= 0.6 is 0 Å². The minimum atomic E-state index is 0.0508. The van der Waals surface area contributed by atoms with Crippen molar-refractivity contribution in [3.63, 3.8) is 0 Å². The average molecular weight is 378 g/mol. The lowest BCUT2D eigenvalue weighted by molar-refractivity contribution is 0.0718. The molecule has 1 aromatic carbocycles. The zero-order valence-electron chi connectivity index (χ0n) is 16.7. The number of nitrogens with zero attached hydrogens (tertiary/aromatic N) is 3. The normalized spacial score (nSPS) is 14.4. The molecule has 1 aliphatic rings. The molecular weight excluding hydrogens is 352 g/mol. The topological polar surface area (TPSA) is 78.2 Å². The van der Waals surface area contributed by atoms with Crippen molar-refractivity contribution in [1.29, 1.82) is 5.26 Å². The third kappa shape index (κ3) is 4.42. The van der Waals surface area contributed by atoms with Gasteiger partial charge in [-0.1, -0.05) is 0 Å². The highest BCUT2D eigenvalue weighted by Crippen LogP contribution is 2.23. The molecule has 0 unspecified atom stereocenters. The van der Waals surface area contributed by atoms with Crippen LogP contribution in [0.4, 0.5) is 5.69 Å². The lowest BCUT2D eigenvalue weighted by Gasteiger charge is -2.33. The van der Waals surface area contributed by atoms with Crippen LogP contribution in [0.2, 0.25) is 0 Å². The summed E-state index contributed by atoms with van der Waals surface area (Å²) in [6, 6.07) is 11.7. The van der Waals surface area contributed by atoms with Crippen LogP contribution < -0.4 is 10.1 Å². The van der Waals surface area contributed by atoms with Gasteiger partial charge in [-0.2, -0.15) is 5.26 Å². The number of nitriles is 1. The first-order valence-corrected chi connectivity index (χ1v) is 9.68. The molecule has 28 heavy (non-hydrogen) atoms. The predicted octanol–water partition coefficient (Wildman–Crippen LogP) is 3.69. The number of hydrogen-bond acceptors (Lipinski definition) is 5. The van der Waals surface area contributed by atoms with Gasteiger partial charge < -0.3 is 15.0 Å². The van der Waals surface area contributed by atoms with Gasteiger partial charge >= 0.3 is 0 Å². The molecule has 1 N–H and O–H groups in total. The summed E-state index contributed by atoms with van der Waals surface area (Å²) in [7, 11) is 0. The second kappa shape index (κ2) is 8.75. The maximum absolute atomic E-state index is 12.7. The van der Waals surface area contributed by atoms with E-state index in [0.29, 0.717) is 30.8 Å². The van der Waals surface area contributed by atoms with Crippen molar-refractivity contribution >= 4 is 11.6 Å². The predicted molar refractivity (Wildman–Crippen MR) is 109 cm³/mol. The first kappa shape index (κ1) is 19.7. The highest BCUT2D eigenvalue weighted by atomic mass is 16.5. The number of aromatic nitrogens is 1. The number of hydrogen-bond donors (Lipinski definition) is 1. The molecule has 0 radical (unpaired) electrons. The number of nitrogens with one attached hydrogen (secondary N) is 1. The Hall–Kier alpha value is -3.07. The summed E-state index contributed by atoms with van der Waals surface area (Å²) < 4.78 is 5.43. The smallest absolute Gasteiger partial charge is 0.253 e. The molecule has 0 saturated carbocycles. The van der Waals surface area contributed by atoms with Gasteiger partial charge in [-0.25, -0.2) is 0 Å². The molecule has 6 heteroatoms. The Morgan fingerprint density at radius 2 is 1.96 bits per heavy atom. The lowest BCUT2D eigenvalue weighted by atomic mass is 10.0. The Bertz CT molecular complexity index is 879. The molecular formula is C22H26N4O2. The van der Waals surface area contributed by atoms with Gasteiger partial charge in [-0.05, 0) is 63.9 Å². The zero-order chi connectivity index (χ0) is 20.1. The minimum absolute atomic E-state index is 0.0508. The molecule has 0 aliphatic carbocycles. The summed E-state index contributed by atoms with van der Waals surface area (Å²) in [5, 5.41) is 12.9. The van der Waals surface area contributed by atoms with E-state index in [9.17, 15) is 10.1 Å². The number of likely N-dealkylation sites (tertiary alicyclic amines) is 1. The largest absolute Gasteiger partial charge is 0.494 e. The van der Waals surface area contributed by atoms with E-state index in [1.54, 1.807) is 0 Å². The molecule has 0 bridgehead atoms. The Labute approximate surface area is 166 Å². The molecule has 2 aromatic rings. The van der Waals surface area contributed by atoms with Crippen LogP contribution in [0.15, 0.2) is 30.3 Å². The van der Waals surface area contributed by atoms with E-state index in [-0.39, 0.29) is 11.9 Å². The van der Waals surface area contributed by atoms with Crippen molar-refractivity contribution in [2.75, 3.05) is 25.0 Å². The number of rotatable bonds is 5. The minimum Gasteiger partial charge on any atom is -0.494 e. The van der Waals surface area contributed by atoms with Gasteiger partial charge in [0.2, 0.25) is 0 Å². The fourth-order valence-electron chi connectivity index (χ4n) is 3.57. The van der Waals surface area contributed by atoms with E-state index in [4.69, 9.17) is 4.74 Å². The monoisotopic (exact) mass is 378 g/mol. The number of pyridine rings is 1. The van der Waals surface area contributed by atoms with Crippen molar-refractivity contribution < 1.29 is 9.53 Å². The Morgan fingerprint density at radius 1 is 1.29 bits per heavy atom. The first-order valence-electron chi connectivity index (χ1n) is 9.68. The molecule has 1 amide bonds. The molecule has 0 spiro atoms. The highest BCUT2D eigenvalue weighted by molar-refractivity contribution is 5.94. The molecule has 1 aliphatic heterocycles. The Kier molecular flexibility index (Phi) is 6.15. The van der Waals surface area contributed by atoms with Gasteiger partial charge in [0, 0.05) is 30.4 Å². The Balaban J connectivity index is 1.60. The van der Waals surface area contributed by atoms with Gasteiger partial charge in [-0.15, -0.1) is 0 Å². The molecule has 6 nitrogen and oxygen atoms in total. The first-order chi connectivity index (χ1) is 13.5. The molecule has 1 fully saturated rings. The summed E-state index contributed by atoms with van der Waals surface area (Å²) in [5.74, 6) is 0.827. The van der Waals surface area contributed by atoms with Crippen LogP contribution in [0.3, 0.4) is 0 Å². The van der Waals surface area contributed by atoms with Crippen molar-refractivity contribution in [1.82, 2.24) is 9.88 Å². The van der Waals surface area contributed by atoms with E-state index in [1.807, 2.05) is 56.0 Å². The van der Waals surface area contributed by atoms with Crippen LogP contribution in [-0.4, -0.2) is 41.5 Å². The van der Waals surface area contributed by atoms with Gasteiger partial charge in [-0.3, -0.25) is 9.78 Å². The number of carbonyl (C=O) groups excluding carboxylic acids is 1. The highest BCUT2D eigenvalue weighted by Gasteiger charge is 2.24. The number of piperidine rings is 1. The van der Waals surface area contributed by atoms with Crippen molar-refractivity contribution in [2.24, 2.45) is 0 Å². The fraction of sp³-hybridized carbons (Fsp3) is 0.409. The second-order valence-corrected chi connectivity index (χ2v) is 7.05. The quantitative estimate of drug-likeness (QED) is 0.858. The SMILES string of the molecule is CCOc1ccc(C(=O)N2CCC(Nc3cc(C)nc(C)c3C#N)CC2)cc1. The molecule has 3 rings (SSSR count). The molecule has 2 heterocycles. The third-order valence-corrected chi connectivity index (χ3v) is 4.99. The number of carbonyl (C=O) groups is 1. The Morgan fingerprint density at radius 3 is 2.57 bits per heavy atom. The maximum atomic E-state index is 12.7. The fourth-order valence-corrected chi connectivity index (χ4v) is 3.57. The van der Waals surface area contributed by atoms with Gasteiger partial charge in [0.15, 0.2) is 0 Å². The van der Waals surface area contributed by atoms with E-state index in [0.717, 1.165) is 35.7 Å². The second-order valence-electron chi connectivity index (χ2n) is 7.05. The van der Waals surface area contributed by atoms with Gasteiger partial charge in [0.1, 0.15) is 11.8 Å². The van der Waals surface area contributed by atoms with E-state index < -0.39 is 0 Å². The van der Waals surface area contributed by atoms with Crippen molar-refractivity contribution in [3.05, 3.63) is 52.8 Å². The van der Waals surface area contributed by atoms with Crippen LogP contribution in [0, 0.1) is 25.2 Å². The van der Waals surface area contributed by atoms with Gasteiger partial charge in [0.05, 0.1) is 23.6 Å². The molecule has 146 valence electrons. The van der Waals surface area contributed by atoms with E-state index in [1.165, 1.54) is 0 Å². The average Bonchev–Trinajstić information content (AvgIpc) is 2.69. The number of amides is 1. The number of ether oxygens (including phenoxy) is 1. The van der Waals surface area contributed by atoms with Crippen LogP contribution in [-0.2, 0) is 0 Å². The summed E-state index contributed by atoms with van der Waals surface area (Å²) in [4.78, 5) is 19.0. The summed E-state index contributed by atoms with van der Waals surface area (Å²) in [5.41, 5.74) is 3.75. The molecule has 0 atom stereocenters. The third-order valence-electron chi connectivity index (χ3n) is 4.99. The number of benzene rings is 1. The van der Waals surface area contributed by atoms with Crippen LogP contribution in [0.5, 0.6) is 5.75 Å². The van der Waals surface area contributed by atoms with Crippen LogP contribution in [0.25, 0.3) is 0 Å². The summed E-state index contributed by atoms with van der Waals surface area (Å²) >= 11 is 0. The lowest BCUT2D eigenvalue weighted by Crippen LogP contribution is -2.42. The zero-order valence-corrected chi connectivity index (χ0v) is 16.7. The van der Waals surface area contributed by atoms with Crippen molar-refractivity contribution in [3.8, 4) is 11.8 Å². The number of anilines is 1. The summed E-state index contributed by atoms with van der Waals surface area (Å²) in [6.07, 6.45) is 1.68. The van der Waals surface area contributed by atoms with Crippen LogP contribution in [0.1, 0.15) is 47.1 Å². The standard InChI is InChI=1S/C22H26N4O2/c1-4-28-19-7-5-17(6-8-19)22(27)26-11-9-18(10-12-26)25-21-13-15(2)24-16(3)20(21)14-23/h5-8,13,18H,4,9-12H2,1-3H3,(H,24,25). The maximum Gasteiger partial charge on any atom is 0.253 e. The van der Waals surface area contributed by atoms with Crippen molar-refractivity contribution in [2.45, 2.75) is 39.7 Å². The van der Waals surface area contributed by atoms with E-state index >= 15 is 0 Å². The van der Waals surface area contributed by atoms with E-state index in [2.05, 4.69) is 16.4 Å². The number of aryl methyl sites for hydroxylation is 2. The molecule has 1 aromatic heterocycles.